The second kappa shape index (κ2) is 13.9. The van der Waals surface area contributed by atoms with E-state index in [-0.39, 0.29) is 19.3 Å². The fraction of sp³-hybridized carbons (Fsp3) is 0.667. The van der Waals surface area contributed by atoms with E-state index in [1.807, 2.05) is 0 Å². The lowest BCUT2D eigenvalue weighted by atomic mass is 9.98. The van der Waals surface area contributed by atoms with Crippen molar-refractivity contribution in [2.75, 3.05) is 6.54 Å². The van der Waals surface area contributed by atoms with Crippen molar-refractivity contribution in [3.63, 3.8) is 0 Å². The van der Waals surface area contributed by atoms with Gasteiger partial charge in [-0.1, -0.05) is 20.3 Å². The zero-order valence-electron chi connectivity index (χ0n) is 17.6. The maximum Gasteiger partial charge on any atom is 0.326 e. The highest BCUT2D eigenvalue weighted by atomic mass is 16.4. The average molecular weight is 445 g/mol. The van der Waals surface area contributed by atoms with Crippen LogP contribution in [0.25, 0.3) is 0 Å². The van der Waals surface area contributed by atoms with Crippen molar-refractivity contribution in [1.82, 2.24) is 16.0 Å². The molecular weight excluding hydrogens is 414 g/mol. The van der Waals surface area contributed by atoms with Crippen LogP contribution < -0.4 is 27.4 Å². The summed E-state index contributed by atoms with van der Waals surface area (Å²) in [7, 11) is 0. The van der Waals surface area contributed by atoms with Gasteiger partial charge in [0.25, 0.3) is 0 Å². The summed E-state index contributed by atoms with van der Waals surface area (Å²) in [5.41, 5.74) is 10.3. The fourth-order valence-corrected chi connectivity index (χ4v) is 2.55. The van der Waals surface area contributed by atoms with Gasteiger partial charge in [0.15, 0.2) is 0 Å². The first-order valence-corrected chi connectivity index (χ1v) is 9.75. The average Bonchev–Trinajstić information content (AvgIpc) is 2.70. The van der Waals surface area contributed by atoms with Crippen LogP contribution in [0.1, 0.15) is 46.0 Å². The van der Waals surface area contributed by atoms with Crippen LogP contribution in [-0.2, 0) is 28.8 Å². The van der Waals surface area contributed by atoms with Gasteiger partial charge in [0.2, 0.25) is 23.6 Å². The minimum atomic E-state index is -1.34. The zero-order valence-corrected chi connectivity index (χ0v) is 17.6. The quantitative estimate of drug-likeness (QED) is 0.143. The summed E-state index contributed by atoms with van der Waals surface area (Å²) < 4.78 is 0. The lowest BCUT2D eigenvalue weighted by molar-refractivity contribution is -0.144. The van der Waals surface area contributed by atoms with Crippen molar-refractivity contribution in [2.45, 2.75) is 64.1 Å². The molecule has 0 aromatic carbocycles. The molecule has 4 amide bonds. The molecule has 4 atom stereocenters. The van der Waals surface area contributed by atoms with E-state index >= 15 is 0 Å². The van der Waals surface area contributed by atoms with Crippen LogP contribution in [0.15, 0.2) is 0 Å². The molecule has 0 saturated heterocycles. The molecule has 0 spiro atoms. The maximum absolute atomic E-state index is 12.7. The van der Waals surface area contributed by atoms with E-state index in [4.69, 9.17) is 16.6 Å². The van der Waals surface area contributed by atoms with Gasteiger partial charge in [-0.3, -0.25) is 24.0 Å². The van der Waals surface area contributed by atoms with Crippen LogP contribution in [0.3, 0.4) is 0 Å². The summed E-state index contributed by atoms with van der Waals surface area (Å²) in [6.45, 7) is 2.92. The molecule has 0 saturated carbocycles. The predicted octanol–water partition coefficient (Wildman–Crippen LogP) is -2.34. The normalized spacial score (nSPS) is 14.4. The largest absolute Gasteiger partial charge is 0.481 e. The Morgan fingerprint density at radius 1 is 0.871 bits per heavy atom. The maximum atomic E-state index is 12.7. The number of amides is 4. The molecule has 0 heterocycles. The monoisotopic (exact) mass is 445 g/mol. The summed E-state index contributed by atoms with van der Waals surface area (Å²) in [6, 6.07) is -3.88. The summed E-state index contributed by atoms with van der Waals surface area (Å²) >= 11 is 0. The van der Waals surface area contributed by atoms with E-state index in [0.717, 1.165) is 0 Å². The molecule has 13 nitrogen and oxygen atoms in total. The molecule has 0 aromatic rings. The molecule has 9 N–H and O–H groups in total. The Hall–Kier alpha value is -3.22. The first-order valence-electron chi connectivity index (χ1n) is 9.75. The van der Waals surface area contributed by atoms with E-state index in [2.05, 4.69) is 16.0 Å². The van der Waals surface area contributed by atoms with Crippen LogP contribution in [-0.4, -0.2) is 70.5 Å². The molecule has 0 rings (SSSR count). The first kappa shape index (κ1) is 27.8. The van der Waals surface area contributed by atoms with Gasteiger partial charge in [0.05, 0.1) is 6.54 Å². The van der Waals surface area contributed by atoms with Crippen LogP contribution in [0.5, 0.6) is 0 Å². The topological polar surface area (TPSA) is 231 Å². The standard InChI is InChI=1S/C18H31N5O8/c1-3-9(2)15(18(30)31)23-17(29)11(4-6-12(20)24)22-16(28)10(5-7-14(26)27)21-13(25)8-19/h9-11,15H,3-8,19H2,1-2H3,(H2,20,24)(H,21,25)(H,22,28)(H,23,29)(H,26,27)(H,30,31). The summed E-state index contributed by atoms with van der Waals surface area (Å²) in [4.78, 5) is 70.3. The van der Waals surface area contributed by atoms with Crippen molar-refractivity contribution < 1.29 is 39.0 Å². The summed E-state index contributed by atoms with van der Waals surface area (Å²) in [5.74, 6) is -6.10. The van der Waals surface area contributed by atoms with Gasteiger partial charge in [-0.05, 0) is 18.8 Å². The number of primary amides is 1. The highest BCUT2D eigenvalue weighted by Crippen LogP contribution is 2.09. The Kier molecular flexibility index (Phi) is 12.5. The van der Waals surface area contributed by atoms with Gasteiger partial charge in [0, 0.05) is 12.8 Å². The number of hydrogen-bond acceptors (Lipinski definition) is 7. The van der Waals surface area contributed by atoms with Crippen LogP contribution in [0, 0.1) is 5.92 Å². The van der Waals surface area contributed by atoms with Gasteiger partial charge in [-0.25, -0.2) is 4.79 Å². The highest BCUT2D eigenvalue weighted by molar-refractivity contribution is 5.94. The Balaban J connectivity index is 5.51. The van der Waals surface area contributed by atoms with Crippen molar-refractivity contribution in [2.24, 2.45) is 17.4 Å². The lowest BCUT2D eigenvalue weighted by Gasteiger charge is -2.26. The number of carboxylic acids is 2. The van der Waals surface area contributed by atoms with E-state index < -0.39 is 72.6 Å². The molecule has 0 aliphatic rings. The smallest absolute Gasteiger partial charge is 0.326 e. The Morgan fingerprint density at radius 3 is 1.84 bits per heavy atom. The van der Waals surface area contributed by atoms with Gasteiger partial charge >= 0.3 is 11.9 Å². The number of carbonyl (C=O) groups excluding carboxylic acids is 4. The van der Waals surface area contributed by atoms with Crippen LogP contribution in [0.2, 0.25) is 0 Å². The summed E-state index contributed by atoms with van der Waals surface area (Å²) in [5, 5.41) is 25.1. The number of nitrogens with one attached hydrogen (secondary N) is 3. The molecule has 0 bridgehead atoms. The molecule has 0 radical (unpaired) electrons. The second-order valence-electron chi connectivity index (χ2n) is 7.03. The third-order valence-electron chi connectivity index (χ3n) is 4.57. The third kappa shape index (κ3) is 10.9. The molecule has 176 valence electrons. The number of carbonyl (C=O) groups is 6. The molecular formula is C18H31N5O8. The van der Waals surface area contributed by atoms with Crippen LogP contribution >= 0.6 is 0 Å². The Labute approximate surface area is 179 Å². The van der Waals surface area contributed by atoms with Crippen LogP contribution in [0.4, 0.5) is 0 Å². The van der Waals surface area contributed by atoms with E-state index in [1.54, 1.807) is 13.8 Å². The molecule has 0 aliphatic heterocycles. The number of nitrogens with two attached hydrogens (primary N) is 2. The third-order valence-corrected chi connectivity index (χ3v) is 4.57. The van der Waals surface area contributed by atoms with Crippen molar-refractivity contribution in [1.29, 1.82) is 0 Å². The SMILES string of the molecule is CCC(C)C(NC(=O)C(CCC(N)=O)NC(=O)C(CCC(=O)O)NC(=O)CN)C(=O)O. The number of aliphatic carboxylic acids is 2. The molecule has 4 unspecified atom stereocenters. The predicted molar refractivity (Wildman–Crippen MR) is 107 cm³/mol. The molecule has 0 aromatic heterocycles. The molecule has 31 heavy (non-hydrogen) atoms. The Bertz CT molecular complexity index is 684. The second-order valence-corrected chi connectivity index (χ2v) is 7.03. The van der Waals surface area contributed by atoms with E-state index in [1.165, 1.54) is 0 Å². The van der Waals surface area contributed by atoms with E-state index in [0.29, 0.717) is 6.42 Å². The van der Waals surface area contributed by atoms with Gasteiger partial charge in [0.1, 0.15) is 18.1 Å². The first-order chi connectivity index (χ1) is 14.4. The minimum absolute atomic E-state index is 0.226. The highest BCUT2D eigenvalue weighted by Gasteiger charge is 2.31. The molecule has 0 aliphatic carbocycles. The molecule has 0 fully saturated rings. The molecule has 13 heteroatoms. The van der Waals surface area contributed by atoms with Crippen molar-refractivity contribution in [3.8, 4) is 0 Å². The van der Waals surface area contributed by atoms with Gasteiger partial charge < -0.3 is 37.6 Å². The van der Waals surface area contributed by atoms with E-state index in [9.17, 15) is 33.9 Å². The summed E-state index contributed by atoms with van der Waals surface area (Å²) in [6.07, 6.45) is -0.777. The zero-order chi connectivity index (χ0) is 24.1. The lowest BCUT2D eigenvalue weighted by Crippen LogP contribution is -2.57. The van der Waals surface area contributed by atoms with Gasteiger partial charge in [-0.15, -0.1) is 0 Å². The fourth-order valence-electron chi connectivity index (χ4n) is 2.55. The van der Waals surface area contributed by atoms with Gasteiger partial charge in [-0.2, -0.15) is 0 Å². The van der Waals surface area contributed by atoms with Crippen molar-refractivity contribution >= 4 is 35.6 Å². The number of hydrogen-bond donors (Lipinski definition) is 7. The minimum Gasteiger partial charge on any atom is -0.481 e. The van der Waals surface area contributed by atoms with Crippen molar-refractivity contribution in [3.05, 3.63) is 0 Å². The Morgan fingerprint density at radius 2 is 1.39 bits per heavy atom. The number of rotatable bonds is 15. The number of carboxylic acid groups (broad SMARTS) is 2.